The van der Waals surface area contributed by atoms with Crippen molar-refractivity contribution in [3.8, 4) is 23.1 Å². The Labute approximate surface area is 228 Å². The van der Waals surface area contributed by atoms with Crippen LogP contribution in [0.4, 0.5) is 25.1 Å². The highest BCUT2D eigenvalue weighted by atomic mass is 19.1. The van der Waals surface area contributed by atoms with Gasteiger partial charge in [-0.1, -0.05) is 6.07 Å². The average Bonchev–Trinajstić information content (AvgIpc) is 3.71. The smallest absolute Gasteiger partial charge is 0.407 e. The summed E-state index contributed by atoms with van der Waals surface area (Å²) in [5, 5.41) is 21.4. The van der Waals surface area contributed by atoms with E-state index in [-0.39, 0.29) is 53.6 Å². The number of anilines is 2. The molecule has 1 saturated carbocycles. The number of halogens is 2. The second kappa shape index (κ2) is 11.1. The van der Waals surface area contributed by atoms with E-state index < -0.39 is 36.5 Å². The maximum Gasteiger partial charge on any atom is 0.407 e. The molecule has 2 fully saturated rings. The van der Waals surface area contributed by atoms with Crippen LogP contribution in [0, 0.1) is 23.1 Å². The molecule has 1 aliphatic heterocycles. The van der Waals surface area contributed by atoms with Gasteiger partial charge in [0.25, 0.3) is 5.91 Å². The number of ether oxygens (including phenoxy) is 1. The quantitative estimate of drug-likeness (QED) is 0.365. The zero-order chi connectivity index (χ0) is 28.4. The number of benzene rings is 2. The van der Waals surface area contributed by atoms with E-state index in [1.807, 2.05) is 0 Å². The highest BCUT2D eigenvalue weighted by Crippen LogP contribution is 2.40. The molecule has 3 aromatic rings. The van der Waals surface area contributed by atoms with Crippen molar-refractivity contribution in [3.05, 3.63) is 65.2 Å². The predicted molar refractivity (Wildman–Crippen MR) is 141 cm³/mol. The number of carboxylic acid groups (broad SMARTS) is 1. The van der Waals surface area contributed by atoms with Crippen LogP contribution in [-0.2, 0) is 6.67 Å². The summed E-state index contributed by atoms with van der Waals surface area (Å²) < 4.78 is 34.4. The maximum absolute atomic E-state index is 14.7. The summed E-state index contributed by atoms with van der Waals surface area (Å²) >= 11 is 0. The van der Waals surface area contributed by atoms with Gasteiger partial charge in [-0.15, -0.1) is 0 Å². The second-order valence-corrected chi connectivity index (χ2v) is 9.92. The van der Waals surface area contributed by atoms with E-state index in [1.54, 1.807) is 6.07 Å². The monoisotopic (exact) mass is 548 g/mol. The Kier molecular flexibility index (Phi) is 7.46. The Hall–Kier alpha value is -4.79. The van der Waals surface area contributed by atoms with Crippen molar-refractivity contribution in [1.82, 2.24) is 14.9 Å². The van der Waals surface area contributed by atoms with E-state index in [0.717, 1.165) is 23.3 Å². The van der Waals surface area contributed by atoms with Crippen molar-refractivity contribution >= 4 is 23.5 Å². The molecule has 2 heterocycles. The van der Waals surface area contributed by atoms with E-state index in [9.17, 15) is 28.7 Å². The Morgan fingerprint density at radius 1 is 1.23 bits per heavy atom. The number of nitriles is 1. The van der Waals surface area contributed by atoms with Crippen LogP contribution in [0.25, 0.3) is 11.3 Å². The third-order valence-corrected chi connectivity index (χ3v) is 7.06. The van der Waals surface area contributed by atoms with Crippen LogP contribution in [0.2, 0.25) is 0 Å². The topological polar surface area (TPSA) is 154 Å². The molecule has 206 valence electrons. The van der Waals surface area contributed by atoms with Crippen molar-refractivity contribution < 1.29 is 28.2 Å². The number of nitrogens with one attached hydrogen (secondary N) is 1. The van der Waals surface area contributed by atoms with Crippen molar-refractivity contribution in [2.45, 2.75) is 37.9 Å². The summed E-state index contributed by atoms with van der Waals surface area (Å²) in [7, 11) is 0. The van der Waals surface area contributed by atoms with E-state index in [4.69, 9.17) is 10.5 Å². The van der Waals surface area contributed by atoms with E-state index in [0.29, 0.717) is 11.5 Å². The molecule has 2 amide bonds. The van der Waals surface area contributed by atoms with Crippen LogP contribution >= 0.6 is 0 Å². The van der Waals surface area contributed by atoms with Crippen molar-refractivity contribution in [1.29, 1.82) is 5.26 Å². The van der Waals surface area contributed by atoms with Crippen molar-refractivity contribution in [2.75, 3.05) is 24.2 Å². The fourth-order valence-electron chi connectivity index (χ4n) is 4.88. The summed E-state index contributed by atoms with van der Waals surface area (Å²) in [6, 6.07) is 10.5. The van der Waals surface area contributed by atoms with Gasteiger partial charge in [0.1, 0.15) is 31.1 Å². The number of nitrogens with two attached hydrogens (primary N) is 1. The lowest BCUT2D eigenvalue weighted by Crippen LogP contribution is -2.38. The fraction of sp³-hybridized carbons (Fsp3) is 0.321. The first-order valence-electron chi connectivity index (χ1n) is 12.7. The molecule has 5 rings (SSSR count). The zero-order valence-corrected chi connectivity index (χ0v) is 21.3. The van der Waals surface area contributed by atoms with Crippen LogP contribution in [0.15, 0.2) is 42.7 Å². The highest BCUT2D eigenvalue weighted by Gasteiger charge is 2.36. The molecule has 0 spiro atoms. The Balaban J connectivity index is 1.40. The molecule has 2 aromatic carbocycles. The van der Waals surface area contributed by atoms with Crippen molar-refractivity contribution in [3.63, 3.8) is 0 Å². The predicted octanol–water partition coefficient (Wildman–Crippen LogP) is 4.73. The number of nitrogens with zero attached hydrogens (tertiary/aromatic N) is 4. The average molecular weight is 549 g/mol. The molecule has 0 bridgehead atoms. The van der Waals surface area contributed by atoms with Crippen LogP contribution in [-0.4, -0.2) is 51.2 Å². The molecule has 40 heavy (non-hydrogen) atoms. The summed E-state index contributed by atoms with van der Waals surface area (Å²) in [6.07, 6.45) is 2.32. The number of aromatic nitrogens is 2. The number of carbonyl (C=O) groups is 2. The van der Waals surface area contributed by atoms with Gasteiger partial charge in [-0.2, -0.15) is 5.26 Å². The number of nitrogen functional groups attached to an aromatic ring is 1. The first kappa shape index (κ1) is 26.8. The lowest BCUT2D eigenvalue weighted by Gasteiger charge is -2.22. The van der Waals surface area contributed by atoms with Gasteiger partial charge < -0.3 is 25.8 Å². The van der Waals surface area contributed by atoms with Gasteiger partial charge in [-0.05, 0) is 66.6 Å². The number of likely N-dealkylation sites (tertiary alicyclic amines) is 1. The summed E-state index contributed by atoms with van der Waals surface area (Å²) in [4.78, 5) is 33.9. The molecule has 1 aromatic heterocycles. The van der Waals surface area contributed by atoms with Crippen LogP contribution < -0.4 is 15.8 Å². The Morgan fingerprint density at radius 2 is 2.02 bits per heavy atom. The van der Waals surface area contributed by atoms with Crippen LogP contribution in [0.3, 0.4) is 0 Å². The van der Waals surface area contributed by atoms with Gasteiger partial charge in [0.15, 0.2) is 11.6 Å². The first-order chi connectivity index (χ1) is 19.3. The molecule has 4 N–H and O–H groups in total. The Bertz CT molecular complexity index is 1510. The van der Waals surface area contributed by atoms with Gasteiger partial charge in [-0.25, -0.2) is 23.5 Å². The molecule has 2 aliphatic rings. The largest absolute Gasteiger partial charge is 0.485 e. The summed E-state index contributed by atoms with van der Waals surface area (Å²) in [5.74, 6) is -1.44. The second-order valence-electron chi connectivity index (χ2n) is 9.92. The third kappa shape index (κ3) is 5.63. The molecule has 10 nitrogen and oxygen atoms in total. The minimum Gasteiger partial charge on any atom is -0.485 e. The SMILES string of the molecule is N#CC1CC(COc2c(N)ncnc2-c2cc(CF)cc(NC(=O)c3ccc(C4CC4)cc3F)c2)N(C(=O)O)C1. The Morgan fingerprint density at radius 3 is 2.70 bits per heavy atom. The van der Waals surface area contributed by atoms with Gasteiger partial charge in [-0.3, -0.25) is 4.79 Å². The van der Waals surface area contributed by atoms with E-state index in [2.05, 4.69) is 21.4 Å². The first-order valence-corrected chi connectivity index (χ1v) is 12.7. The number of rotatable bonds is 8. The fourth-order valence-corrected chi connectivity index (χ4v) is 4.88. The van der Waals surface area contributed by atoms with Gasteiger partial charge in [0, 0.05) is 17.8 Å². The van der Waals surface area contributed by atoms with Gasteiger partial charge in [0.2, 0.25) is 0 Å². The lowest BCUT2D eigenvalue weighted by molar-refractivity contribution is 0.102. The van der Waals surface area contributed by atoms with E-state index in [1.165, 1.54) is 36.7 Å². The molecule has 0 radical (unpaired) electrons. The van der Waals surface area contributed by atoms with E-state index >= 15 is 0 Å². The molecular formula is C28H26F2N6O4. The minimum absolute atomic E-state index is 0.0317. The molecule has 12 heteroatoms. The summed E-state index contributed by atoms with van der Waals surface area (Å²) in [5.41, 5.74) is 7.74. The highest BCUT2D eigenvalue weighted by molar-refractivity contribution is 6.04. The molecule has 2 unspecified atom stereocenters. The standard InChI is InChI=1S/C28H26F2N6O4/c29-10-15-5-19(8-20(6-15)35-27(37)22-4-3-18(9-23(22)30)17-1-2-17)24-25(26(32)34-14-33-24)40-13-21-7-16(11-31)12-36(21)28(38)39/h3-6,8-9,14,16-17,21H,1-2,7,10,12-13H2,(H,35,37)(H,38,39)(H2,32,33,34). The lowest BCUT2D eigenvalue weighted by atomic mass is 10.0. The number of hydrogen-bond donors (Lipinski definition) is 3. The van der Waals surface area contributed by atoms with Crippen LogP contribution in [0.1, 0.15) is 46.7 Å². The van der Waals surface area contributed by atoms with Gasteiger partial charge >= 0.3 is 6.09 Å². The molecule has 1 saturated heterocycles. The van der Waals surface area contributed by atoms with Crippen LogP contribution in [0.5, 0.6) is 5.75 Å². The molecule has 2 atom stereocenters. The molecular weight excluding hydrogens is 522 g/mol. The number of amides is 2. The normalized spacial score (nSPS) is 18.3. The third-order valence-electron chi connectivity index (χ3n) is 7.06. The summed E-state index contributed by atoms with van der Waals surface area (Å²) in [6.45, 7) is -0.903. The number of alkyl halides is 1. The molecule has 1 aliphatic carbocycles. The van der Waals surface area contributed by atoms with Crippen molar-refractivity contribution in [2.24, 2.45) is 5.92 Å². The zero-order valence-electron chi connectivity index (χ0n) is 21.3. The van der Waals surface area contributed by atoms with Gasteiger partial charge in [0.05, 0.1) is 23.6 Å². The number of hydrogen-bond acceptors (Lipinski definition) is 7. The number of carbonyl (C=O) groups excluding carboxylic acids is 1. The maximum atomic E-state index is 14.7. The minimum atomic E-state index is -1.17.